The number of hydrogen-bond donors (Lipinski definition) is 1. The lowest BCUT2D eigenvalue weighted by atomic mass is 9.48. The van der Waals surface area contributed by atoms with Gasteiger partial charge < -0.3 is 30.1 Å². The third-order valence-electron chi connectivity index (χ3n) is 6.34. The first-order chi connectivity index (χ1) is 9.73. The maximum absolute atomic E-state index is 4.21. The second-order valence-electron chi connectivity index (χ2n) is 7.74. The Labute approximate surface area is 146 Å². The van der Waals surface area contributed by atoms with Crippen molar-refractivity contribution < 1.29 is 24.8 Å². The van der Waals surface area contributed by atoms with Crippen LogP contribution in [0.5, 0.6) is 0 Å². The van der Waals surface area contributed by atoms with Gasteiger partial charge in [0, 0.05) is 25.0 Å². The minimum Gasteiger partial charge on any atom is -1.00 e. The molecule has 4 fully saturated rings. The van der Waals surface area contributed by atoms with Crippen molar-refractivity contribution in [2.75, 3.05) is 0 Å². The highest BCUT2D eigenvalue weighted by Crippen LogP contribution is 2.61. The molecule has 2 nitrogen and oxygen atoms in total. The standard InChI is InChI=1S/C18H26N2.2ClH/c1-13(20-12-14-3-2-4-19-11-14)18-8-15-5-16(9-18)7-17(6-15)10-18;;/h2-4,11,13,15-17,20H,5-10,12H2,1H3;2*1H/p-2. The van der Waals surface area contributed by atoms with Crippen molar-refractivity contribution in [2.24, 2.45) is 23.2 Å². The van der Waals surface area contributed by atoms with Gasteiger partial charge in [0.25, 0.3) is 0 Å². The molecule has 0 aromatic carbocycles. The molecule has 1 aromatic rings. The summed E-state index contributed by atoms with van der Waals surface area (Å²) in [6.45, 7) is 3.40. The maximum atomic E-state index is 4.21. The lowest BCUT2D eigenvalue weighted by Crippen LogP contribution is -3.00. The van der Waals surface area contributed by atoms with Crippen LogP contribution in [-0.2, 0) is 6.54 Å². The van der Waals surface area contributed by atoms with Gasteiger partial charge in [-0.3, -0.25) is 4.98 Å². The molecule has 4 heteroatoms. The van der Waals surface area contributed by atoms with Crippen LogP contribution < -0.4 is 30.1 Å². The van der Waals surface area contributed by atoms with E-state index in [-0.39, 0.29) is 24.8 Å². The van der Waals surface area contributed by atoms with Gasteiger partial charge in [-0.15, -0.1) is 0 Å². The van der Waals surface area contributed by atoms with Gasteiger partial charge in [-0.05, 0) is 80.2 Å². The largest absolute Gasteiger partial charge is 1.00 e. The fourth-order valence-corrected chi connectivity index (χ4v) is 5.70. The number of nitrogens with zero attached hydrogens (tertiary/aromatic N) is 1. The average molecular weight is 341 g/mol. The first kappa shape index (κ1) is 18.0. The Hall–Kier alpha value is -0.310. The second kappa shape index (κ2) is 7.07. The average Bonchev–Trinajstić information content (AvgIpc) is 2.44. The third-order valence-corrected chi connectivity index (χ3v) is 6.34. The molecule has 1 N–H and O–H groups in total. The molecule has 1 heterocycles. The first-order valence-electron chi connectivity index (χ1n) is 8.36. The lowest BCUT2D eigenvalue weighted by molar-refractivity contribution is -0.0706. The Bertz CT molecular complexity index is 442. The highest BCUT2D eigenvalue weighted by atomic mass is 35.5. The molecular weight excluding hydrogens is 315 g/mol. The van der Waals surface area contributed by atoms with E-state index in [9.17, 15) is 0 Å². The molecule has 0 aliphatic heterocycles. The molecular formula is C18H26Cl2N2-2. The summed E-state index contributed by atoms with van der Waals surface area (Å²) in [7, 11) is 0. The predicted octanol–water partition coefficient (Wildman–Crippen LogP) is -2.22. The third kappa shape index (κ3) is 3.29. The number of pyridine rings is 1. The van der Waals surface area contributed by atoms with Crippen molar-refractivity contribution in [2.45, 2.75) is 58.0 Å². The zero-order valence-corrected chi connectivity index (χ0v) is 14.8. The normalized spacial score (nSPS) is 36.3. The highest BCUT2D eigenvalue weighted by molar-refractivity contribution is 5.10. The van der Waals surface area contributed by atoms with E-state index in [1.807, 2.05) is 18.5 Å². The van der Waals surface area contributed by atoms with E-state index in [1.54, 1.807) is 0 Å². The summed E-state index contributed by atoms with van der Waals surface area (Å²) >= 11 is 0. The number of nitrogens with one attached hydrogen (secondary N) is 1. The SMILES string of the molecule is CC(NCc1cccnc1)C12CC3CC(CC(C3)C1)C2.[Cl-].[Cl-]. The summed E-state index contributed by atoms with van der Waals surface area (Å²) in [5.41, 5.74) is 1.92. The summed E-state index contributed by atoms with van der Waals surface area (Å²) in [4.78, 5) is 4.21. The van der Waals surface area contributed by atoms with Crippen LogP contribution in [0.15, 0.2) is 24.5 Å². The topological polar surface area (TPSA) is 24.9 Å². The van der Waals surface area contributed by atoms with Crippen molar-refractivity contribution in [3.05, 3.63) is 30.1 Å². The molecule has 0 saturated heterocycles. The fourth-order valence-electron chi connectivity index (χ4n) is 5.70. The molecule has 1 atom stereocenters. The van der Waals surface area contributed by atoms with E-state index >= 15 is 0 Å². The number of hydrogen-bond acceptors (Lipinski definition) is 2. The van der Waals surface area contributed by atoms with Gasteiger partial charge >= 0.3 is 0 Å². The zero-order valence-electron chi connectivity index (χ0n) is 13.3. The summed E-state index contributed by atoms with van der Waals surface area (Å²) in [5.74, 6) is 3.14. The van der Waals surface area contributed by atoms with E-state index < -0.39 is 0 Å². The van der Waals surface area contributed by atoms with Crippen LogP contribution in [0.1, 0.15) is 51.0 Å². The van der Waals surface area contributed by atoms with Gasteiger partial charge in [0.15, 0.2) is 0 Å². The Morgan fingerprint density at radius 2 is 1.73 bits per heavy atom. The van der Waals surface area contributed by atoms with Crippen LogP contribution >= 0.6 is 0 Å². The van der Waals surface area contributed by atoms with Crippen LogP contribution in [-0.4, -0.2) is 11.0 Å². The van der Waals surface area contributed by atoms with Gasteiger partial charge in [0.1, 0.15) is 0 Å². The Morgan fingerprint density at radius 3 is 2.23 bits per heavy atom. The van der Waals surface area contributed by atoms with Gasteiger partial charge in [-0.2, -0.15) is 0 Å². The van der Waals surface area contributed by atoms with Crippen LogP contribution in [0.2, 0.25) is 0 Å². The fraction of sp³-hybridized carbons (Fsp3) is 0.722. The molecule has 22 heavy (non-hydrogen) atoms. The molecule has 1 aromatic heterocycles. The molecule has 4 aliphatic carbocycles. The van der Waals surface area contributed by atoms with Crippen molar-refractivity contribution in [3.63, 3.8) is 0 Å². The Kier molecular flexibility index (Phi) is 5.79. The monoisotopic (exact) mass is 340 g/mol. The number of halogens is 2. The predicted molar refractivity (Wildman–Crippen MR) is 81.1 cm³/mol. The van der Waals surface area contributed by atoms with Gasteiger partial charge in [0.05, 0.1) is 0 Å². The highest BCUT2D eigenvalue weighted by Gasteiger charge is 2.52. The number of aromatic nitrogens is 1. The summed E-state index contributed by atoms with van der Waals surface area (Å²) < 4.78 is 0. The minimum atomic E-state index is 0. The second-order valence-corrected chi connectivity index (χ2v) is 7.74. The van der Waals surface area contributed by atoms with Crippen LogP contribution in [0, 0.1) is 23.2 Å². The van der Waals surface area contributed by atoms with E-state index in [4.69, 9.17) is 0 Å². The van der Waals surface area contributed by atoms with Crippen molar-refractivity contribution >= 4 is 0 Å². The first-order valence-corrected chi connectivity index (χ1v) is 8.36. The van der Waals surface area contributed by atoms with Gasteiger partial charge in [-0.1, -0.05) is 6.07 Å². The van der Waals surface area contributed by atoms with Crippen molar-refractivity contribution in [1.82, 2.24) is 10.3 Å². The van der Waals surface area contributed by atoms with E-state index in [2.05, 4.69) is 23.3 Å². The van der Waals surface area contributed by atoms with Crippen LogP contribution in [0.3, 0.4) is 0 Å². The Morgan fingerprint density at radius 1 is 1.14 bits per heavy atom. The minimum absolute atomic E-state index is 0. The lowest BCUT2D eigenvalue weighted by Gasteiger charge is -2.59. The molecule has 4 saturated carbocycles. The van der Waals surface area contributed by atoms with E-state index in [0.717, 1.165) is 24.3 Å². The smallest absolute Gasteiger partial charge is 0.0312 e. The summed E-state index contributed by atoms with van der Waals surface area (Å²) in [5, 5.41) is 3.82. The number of rotatable bonds is 4. The van der Waals surface area contributed by atoms with Gasteiger partial charge in [-0.25, -0.2) is 0 Å². The molecule has 4 bridgehead atoms. The molecule has 5 rings (SSSR count). The van der Waals surface area contributed by atoms with Crippen molar-refractivity contribution in [1.29, 1.82) is 0 Å². The van der Waals surface area contributed by atoms with E-state index in [1.165, 1.54) is 44.1 Å². The molecule has 4 aliphatic rings. The van der Waals surface area contributed by atoms with E-state index in [0.29, 0.717) is 11.5 Å². The van der Waals surface area contributed by atoms with Crippen LogP contribution in [0.4, 0.5) is 0 Å². The zero-order chi connectivity index (χ0) is 13.6. The van der Waals surface area contributed by atoms with Crippen LogP contribution in [0.25, 0.3) is 0 Å². The summed E-state index contributed by atoms with van der Waals surface area (Å²) in [6, 6.07) is 4.86. The molecule has 124 valence electrons. The maximum Gasteiger partial charge on any atom is 0.0312 e. The quantitative estimate of drug-likeness (QED) is 0.672. The van der Waals surface area contributed by atoms with Crippen molar-refractivity contribution in [3.8, 4) is 0 Å². The molecule has 0 amide bonds. The molecule has 0 spiro atoms. The Balaban J connectivity index is 0.000000882. The summed E-state index contributed by atoms with van der Waals surface area (Å²) in [6.07, 6.45) is 12.9. The van der Waals surface area contributed by atoms with Gasteiger partial charge in [0.2, 0.25) is 0 Å². The molecule has 0 radical (unpaired) electrons. The molecule has 1 unspecified atom stereocenters.